The molecule has 0 aliphatic heterocycles. The SMILES string of the molecule is COCCNC(=O)NC1(c2nc(-c3cnccn3)no2)CCCCC1. The molecule has 2 heterocycles. The molecule has 0 spiro atoms. The highest BCUT2D eigenvalue weighted by Crippen LogP contribution is 2.36. The molecule has 1 saturated carbocycles. The Morgan fingerprint density at radius 1 is 1.32 bits per heavy atom. The summed E-state index contributed by atoms with van der Waals surface area (Å²) >= 11 is 0. The van der Waals surface area contributed by atoms with E-state index in [2.05, 4.69) is 30.7 Å². The van der Waals surface area contributed by atoms with Crippen LogP contribution in [0.25, 0.3) is 11.5 Å². The van der Waals surface area contributed by atoms with Crippen LogP contribution in [0.2, 0.25) is 0 Å². The van der Waals surface area contributed by atoms with Gasteiger partial charge < -0.3 is 19.9 Å². The molecule has 0 saturated heterocycles. The standard InChI is InChI=1S/C16H22N6O3/c1-24-10-9-19-15(23)21-16(5-3-2-4-6-16)14-20-13(22-25-14)12-11-17-7-8-18-12/h7-8,11H,2-6,9-10H2,1H3,(H2,19,21,23). The number of aromatic nitrogens is 4. The highest BCUT2D eigenvalue weighted by molar-refractivity contribution is 5.74. The van der Waals surface area contributed by atoms with Gasteiger partial charge in [-0.2, -0.15) is 4.98 Å². The predicted octanol–water partition coefficient (Wildman–Crippen LogP) is 1.63. The summed E-state index contributed by atoms with van der Waals surface area (Å²) in [6, 6.07) is -0.266. The fraction of sp³-hybridized carbons (Fsp3) is 0.562. The molecule has 9 heteroatoms. The molecule has 1 aliphatic rings. The second-order valence-corrected chi connectivity index (χ2v) is 6.03. The summed E-state index contributed by atoms with van der Waals surface area (Å²) in [6.07, 6.45) is 9.34. The average Bonchev–Trinajstić information content (AvgIpc) is 3.14. The van der Waals surface area contributed by atoms with Gasteiger partial charge in [0.15, 0.2) is 0 Å². The number of rotatable bonds is 6. The first-order chi connectivity index (χ1) is 12.2. The van der Waals surface area contributed by atoms with E-state index in [4.69, 9.17) is 9.26 Å². The van der Waals surface area contributed by atoms with Crippen LogP contribution in [0.1, 0.15) is 38.0 Å². The van der Waals surface area contributed by atoms with Crippen molar-refractivity contribution in [2.24, 2.45) is 0 Å². The van der Waals surface area contributed by atoms with E-state index in [1.54, 1.807) is 25.7 Å². The van der Waals surface area contributed by atoms with Gasteiger partial charge in [-0.05, 0) is 12.8 Å². The first kappa shape index (κ1) is 17.3. The van der Waals surface area contributed by atoms with Gasteiger partial charge in [0.05, 0.1) is 12.8 Å². The molecule has 2 aromatic heterocycles. The molecule has 2 aromatic rings. The van der Waals surface area contributed by atoms with E-state index in [9.17, 15) is 4.79 Å². The maximum atomic E-state index is 12.3. The third-order valence-electron chi connectivity index (χ3n) is 4.28. The number of nitrogens with one attached hydrogen (secondary N) is 2. The summed E-state index contributed by atoms with van der Waals surface area (Å²) in [4.78, 5) is 24.9. The maximum Gasteiger partial charge on any atom is 0.315 e. The van der Waals surface area contributed by atoms with Gasteiger partial charge in [0.25, 0.3) is 5.89 Å². The Labute approximate surface area is 145 Å². The number of amides is 2. The second kappa shape index (κ2) is 8.02. The number of carbonyl (C=O) groups excluding carboxylic acids is 1. The molecule has 3 rings (SSSR count). The van der Waals surface area contributed by atoms with Crippen molar-refractivity contribution in [1.82, 2.24) is 30.7 Å². The van der Waals surface area contributed by atoms with E-state index in [1.165, 1.54) is 0 Å². The zero-order chi connectivity index (χ0) is 17.5. The number of hydrogen-bond donors (Lipinski definition) is 2. The fourth-order valence-electron chi connectivity index (χ4n) is 3.01. The van der Waals surface area contributed by atoms with E-state index < -0.39 is 5.54 Å². The maximum absolute atomic E-state index is 12.3. The first-order valence-corrected chi connectivity index (χ1v) is 8.39. The van der Waals surface area contributed by atoms with Crippen molar-refractivity contribution in [2.45, 2.75) is 37.6 Å². The zero-order valence-corrected chi connectivity index (χ0v) is 14.2. The smallest absolute Gasteiger partial charge is 0.315 e. The number of methoxy groups -OCH3 is 1. The Morgan fingerprint density at radius 3 is 2.88 bits per heavy atom. The molecule has 1 fully saturated rings. The van der Waals surface area contributed by atoms with Gasteiger partial charge in [-0.15, -0.1) is 0 Å². The predicted molar refractivity (Wildman–Crippen MR) is 88.5 cm³/mol. The van der Waals surface area contributed by atoms with Gasteiger partial charge in [-0.25, -0.2) is 9.78 Å². The van der Waals surface area contributed by atoms with Gasteiger partial charge in [0, 0.05) is 26.0 Å². The zero-order valence-electron chi connectivity index (χ0n) is 14.2. The van der Waals surface area contributed by atoms with Crippen molar-refractivity contribution in [3.63, 3.8) is 0 Å². The van der Waals surface area contributed by atoms with Crippen LogP contribution in [-0.2, 0) is 10.3 Å². The molecule has 134 valence electrons. The van der Waals surface area contributed by atoms with Crippen molar-refractivity contribution in [3.8, 4) is 11.5 Å². The molecule has 9 nitrogen and oxygen atoms in total. The fourth-order valence-corrected chi connectivity index (χ4v) is 3.01. The Kier molecular flexibility index (Phi) is 5.54. The van der Waals surface area contributed by atoms with Crippen LogP contribution in [0, 0.1) is 0 Å². The third-order valence-corrected chi connectivity index (χ3v) is 4.28. The van der Waals surface area contributed by atoms with Crippen LogP contribution in [-0.4, -0.2) is 46.4 Å². The van der Waals surface area contributed by atoms with E-state index in [0.717, 1.165) is 32.1 Å². The topological polar surface area (TPSA) is 115 Å². The number of urea groups is 1. The van der Waals surface area contributed by atoms with E-state index in [1.807, 2.05) is 0 Å². The monoisotopic (exact) mass is 346 g/mol. The molecule has 0 bridgehead atoms. The van der Waals surface area contributed by atoms with Gasteiger partial charge in [-0.3, -0.25) is 4.98 Å². The van der Waals surface area contributed by atoms with Crippen LogP contribution >= 0.6 is 0 Å². The molecule has 1 aliphatic carbocycles. The summed E-state index contributed by atoms with van der Waals surface area (Å²) in [5.41, 5.74) is -0.115. The minimum atomic E-state index is -0.650. The lowest BCUT2D eigenvalue weighted by Crippen LogP contribution is -2.51. The van der Waals surface area contributed by atoms with Crippen molar-refractivity contribution < 1.29 is 14.1 Å². The van der Waals surface area contributed by atoms with Crippen molar-refractivity contribution >= 4 is 6.03 Å². The molecule has 25 heavy (non-hydrogen) atoms. The molecule has 0 atom stereocenters. The van der Waals surface area contributed by atoms with Crippen LogP contribution in [0.5, 0.6) is 0 Å². The van der Waals surface area contributed by atoms with E-state index in [0.29, 0.717) is 30.6 Å². The molecule has 2 N–H and O–H groups in total. The Balaban J connectivity index is 1.78. The largest absolute Gasteiger partial charge is 0.383 e. The first-order valence-electron chi connectivity index (χ1n) is 8.39. The normalized spacial score (nSPS) is 16.4. The molecular formula is C16H22N6O3. The van der Waals surface area contributed by atoms with Gasteiger partial charge in [-0.1, -0.05) is 24.4 Å². The molecular weight excluding hydrogens is 324 g/mol. The van der Waals surface area contributed by atoms with Crippen LogP contribution in [0.4, 0.5) is 4.79 Å². The highest BCUT2D eigenvalue weighted by Gasteiger charge is 2.40. The average molecular weight is 346 g/mol. The lowest BCUT2D eigenvalue weighted by molar-refractivity contribution is 0.163. The van der Waals surface area contributed by atoms with Gasteiger partial charge in [0.2, 0.25) is 5.82 Å². The molecule has 0 unspecified atom stereocenters. The Bertz CT molecular complexity index is 684. The Morgan fingerprint density at radius 2 is 2.16 bits per heavy atom. The highest BCUT2D eigenvalue weighted by atomic mass is 16.5. The summed E-state index contributed by atoms with van der Waals surface area (Å²) < 4.78 is 10.4. The van der Waals surface area contributed by atoms with Crippen molar-refractivity contribution in [2.75, 3.05) is 20.3 Å². The summed E-state index contributed by atoms with van der Waals surface area (Å²) in [7, 11) is 1.59. The van der Waals surface area contributed by atoms with Gasteiger partial charge >= 0.3 is 6.03 Å². The number of hydrogen-bond acceptors (Lipinski definition) is 7. The lowest BCUT2D eigenvalue weighted by Gasteiger charge is -2.34. The Hall–Kier alpha value is -2.55. The summed E-state index contributed by atoms with van der Waals surface area (Å²) in [5.74, 6) is 0.782. The number of ether oxygens (including phenoxy) is 1. The van der Waals surface area contributed by atoms with Crippen molar-refractivity contribution in [1.29, 1.82) is 0 Å². The van der Waals surface area contributed by atoms with Gasteiger partial charge in [0.1, 0.15) is 11.2 Å². The minimum Gasteiger partial charge on any atom is -0.383 e. The van der Waals surface area contributed by atoms with Crippen molar-refractivity contribution in [3.05, 3.63) is 24.5 Å². The number of carbonyl (C=O) groups is 1. The summed E-state index contributed by atoms with van der Waals surface area (Å²) in [6.45, 7) is 0.894. The van der Waals surface area contributed by atoms with E-state index >= 15 is 0 Å². The third kappa shape index (κ3) is 4.11. The molecule has 0 aromatic carbocycles. The summed E-state index contributed by atoms with van der Waals surface area (Å²) in [5, 5.41) is 9.82. The van der Waals surface area contributed by atoms with Crippen LogP contribution < -0.4 is 10.6 Å². The van der Waals surface area contributed by atoms with Crippen LogP contribution in [0.3, 0.4) is 0 Å². The number of nitrogens with zero attached hydrogens (tertiary/aromatic N) is 4. The lowest BCUT2D eigenvalue weighted by atomic mass is 9.81. The molecule has 2 amide bonds. The van der Waals surface area contributed by atoms with Crippen LogP contribution in [0.15, 0.2) is 23.1 Å². The second-order valence-electron chi connectivity index (χ2n) is 6.03. The minimum absolute atomic E-state index is 0.266. The molecule has 0 radical (unpaired) electrons. The van der Waals surface area contributed by atoms with E-state index in [-0.39, 0.29) is 6.03 Å². The quantitative estimate of drug-likeness (QED) is 0.764.